The van der Waals surface area contributed by atoms with Crippen LogP contribution in [0.1, 0.15) is 25.3 Å². The molecular weight excluding hydrogens is 260 g/mol. The van der Waals surface area contributed by atoms with Crippen molar-refractivity contribution in [1.29, 1.82) is 0 Å². The number of halogens is 1. The van der Waals surface area contributed by atoms with E-state index in [-0.39, 0.29) is 5.92 Å². The number of unbranched alkanes of at least 4 members (excludes halogenated alkanes) is 1. The molecule has 0 heterocycles. The van der Waals surface area contributed by atoms with Crippen molar-refractivity contribution in [1.82, 2.24) is 0 Å². The Bertz CT molecular complexity index is 351. The van der Waals surface area contributed by atoms with Gasteiger partial charge in [0.15, 0.2) is 0 Å². The smallest absolute Gasteiger partial charge is 0.0768 e. The molecule has 0 aromatic heterocycles. The Balaban J connectivity index is 2.19. The molecule has 2 nitrogen and oxygen atoms in total. The zero-order valence-electron chi connectivity index (χ0n) is 11.5. The number of rotatable bonds is 9. The van der Waals surface area contributed by atoms with Crippen molar-refractivity contribution >= 4 is 11.6 Å². The summed E-state index contributed by atoms with van der Waals surface area (Å²) < 4.78 is 5.62. The number of hydrogen-bond acceptors (Lipinski definition) is 2. The van der Waals surface area contributed by atoms with Gasteiger partial charge in [-0.2, -0.15) is 0 Å². The second kappa shape index (κ2) is 10.0. The lowest BCUT2D eigenvalue weighted by Gasteiger charge is -2.15. The van der Waals surface area contributed by atoms with E-state index in [1.54, 1.807) is 0 Å². The van der Waals surface area contributed by atoms with Crippen LogP contribution < -0.4 is 0 Å². The molecule has 1 aromatic carbocycles. The summed E-state index contributed by atoms with van der Waals surface area (Å²) in [5.41, 5.74) is 1.15. The van der Waals surface area contributed by atoms with E-state index < -0.39 is 6.10 Å². The molecular formula is C16H23ClO2. The maximum atomic E-state index is 9.91. The van der Waals surface area contributed by atoms with Crippen LogP contribution in [0.25, 0.3) is 0 Å². The van der Waals surface area contributed by atoms with Crippen molar-refractivity contribution in [3.05, 3.63) is 48.0 Å². The van der Waals surface area contributed by atoms with Crippen molar-refractivity contribution < 1.29 is 9.84 Å². The maximum absolute atomic E-state index is 9.91. The number of hydrogen-bond donors (Lipinski definition) is 1. The van der Waals surface area contributed by atoms with E-state index in [9.17, 15) is 5.11 Å². The van der Waals surface area contributed by atoms with Gasteiger partial charge in [-0.15, -0.1) is 11.6 Å². The average Bonchev–Trinajstić information content (AvgIpc) is 2.44. The molecule has 1 aromatic rings. The minimum absolute atomic E-state index is 0.0935. The van der Waals surface area contributed by atoms with Crippen LogP contribution in [0.3, 0.4) is 0 Å². The highest BCUT2D eigenvalue weighted by Crippen LogP contribution is 2.08. The fraction of sp³-hybridized carbons (Fsp3) is 0.500. The van der Waals surface area contributed by atoms with E-state index in [4.69, 9.17) is 16.3 Å². The normalized spacial score (nSPS) is 14.7. The Kier molecular flexibility index (Phi) is 8.55. The van der Waals surface area contributed by atoms with Crippen LogP contribution in [0.5, 0.6) is 0 Å². The third-order valence-corrected chi connectivity index (χ3v) is 3.18. The highest BCUT2D eigenvalue weighted by molar-refractivity contribution is 6.17. The molecule has 0 unspecified atom stereocenters. The van der Waals surface area contributed by atoms with Crippen LogP contribution in [-0.2, 0) is 11.3 Å². The molecule has 106 valence electrons. The van der Waals surface area contributed by atoms with Crippen LogP contribution in [0.4, 0.5) is 0 Å². The quantitative estimate of drug-likeness (QED) is 0.424. The van der Waals surface area contributed by atoms with Crippen LogP contribution >= 0.6 is 11.6 Å². The molecule has 19 heavy (non-hydrogen) atoms. The monoisotopic (exact) mass is 282 g/mol. The molecule has 0 aliphatic heterocycles. The van der Waals surface area contributed by atoms with Gasteiger partial charge in [0.1, 0.15) is 0 Å². The Hall–Kier alpha value is -0.830. The second-order valence-electron chi connectivity index (χ2n) is 4.73. The van der Waals surface area contributed by atoms with Crippen LogP contribution in [0, 0.1) is 5.92 Å². The summed E-state index contributed by atoms with van der Waals surface area (Å²) in [6.07, 6.45) is 5.23. The summed E-state index contributed by atoms with van der Waals surface area (Å²) >= 11 is 5.59. The van der Waals surface area contributed by atoms with Gasteiger partial charge < -0.3 is 9.84 Å². The minimum atomic E-state index is -0.453. The molecule has 3 heteroatoms. The van der Waals surface area contributed by atoms with E-state index in [0.29, 0.717) is 19.1 Å². The van der Waals surface area contributed by atoms with Crippen molar-refractivity contribution in [2.24, 2.45) is 5.92 Å². The minimum Gasteiger partial charge on any atom is -0.389 e. The number of allylic oxidation sites excluding steroid dienone is 1. The van der Waals surface area contributed by atoms with Crippen molar-refractivity contribution in [2.45, 2.75) is 32.5 Å². The summed E-state index contributed by atoms with van der Waals surface area (Å²) in [6, 6.07) is 10.1. The molecule has 0 saturated heterocycles. The number of alkyl halides is 1. The predicted molar refractivity (Wildman–Crippen MR) is 80.4 cm³/mol. The molecule has 0 aliphatic carbocycles. The number of benzene rings is 1. The first-order valence-corrected chi connectivity index (χ1v) is 7.30. The first kappa shape index (κ1) is 16.2. The second-order valence-corrected chi connectivity index (χ2v) is 5.11. The first-order chi connectivity index (χ1) is 9.24. The lowest BCUT2D eigenvalue weighted by atomic mass is 10.1. The van der Waals surface area contributed by atoms with Gasteiger partial charge in [0.05, 0.1) is 19.3 Å². The molecule has 1 rings (SSSR count). The molecule has 2 atom stereocenters. The zero-order valence-corrected chi connectivity index (χ0v) is 12.2. The van der Waals surface area contributed by atoms with E-state index in [1.165, 1.54) is 0 Å². The third-order valence-electron chi connectivity index (χ3n) is 2.91. The molecule has 0 fully saturated rings. The van der Waals surface area contributed by atoms with E-state index in [0.717, 1.165) is 18.4 Å². The fourth-order valence-electron chi connectivity index (χ4n) is 1.66. The topological polar surface area (TPSA) is 29.5 Å². The summed E-state index contributed by atoms with van der Waals surface area (Å²) in [4.78, 5) is 0. The molecule has 0 saturated carbocycles. The van der Waals surface area contributed by atoms with Gasteiger partial charge >= 0.3 is 0 Å². The Morgan fingerprint density at radius 1 is 1.32 bits per heavy atom. The van der Waals surface area contributed by atoms with E-state index >= 15 is 0 Å². The average molecular weight is 283 g/mol. The molecule has 0 amide bonds. The summed E-state index contributed by atoms with van der Waals surface area (Å²) in [5, 5.41) is 9.91. The van der Waals surface area contributed by atoms with Crippen molar-refractivity contribution in [3.63, 3.8) is 0 Å². The summed E-state index contributed by atoms with van der Waals surface area (Å²) in [7, 11) is 0. The largest absolute Gasteiger partial charge is 0.389 e. The van der Waals surface area contributed by atoms with Crippen LogP contribution in [-0.4, -0.2) is 23.7 Å². The molecule has 1 N–H and O–H groups in total. The Morgan fingerprint density at radius 3 is 2.74 bits per heavy atom. The number of aliphatic hydroxyl groups is 1. The van der Waals surface area contributed by atoms with E-state index in [2.05, 4.69) is 0 Å². The van der Waals surface area contributed by atoms with Crippen molar-refractivity contribution in [3.8, 4) is 0 Å². The number of aliphatic hydroxyl groups excluding tert-OH is 1. The fourth-order valence-corrected chi connectivity index (χ4v) is 1.81. The molecule has 0 radical (unpaired) electrons. The third kappa shape index (κ3) is 7.36. The van der Waals surface area contributed by atoms with Crippen LogP contribution in [0.2, 0.25) is 0 Å². The lowest BCUT2D eigenvalue weighted by Crippen LogP contribution is -2.20. The van der Waals surface area contributed by atoms with E-state index in [1.807, 2.05) is 49.4 Å². The van der Waals surface area contributed by atoms with Crippen molar-refractivity contribution in [2.75, 3.05) is 12.5 Å². The summed E-state index contributed by atoms with van der Waals surface area (Å²) in [5.74, 6) is 0.756. The van der Waals surface area contributed by atoms with Crippen LogP contribution in [0.15, 0.2) is 42.5 Å². The zero-order chi connectivity index (χ0) is 13.9. The van der Waals surface area contributed by atoms with Gasteiger partial charge in [-0.3, -0.25) is 0 Å². The molecule has 0 bridgehead atoms. The van der Waals surface area contributed by atoms with Gasteiger partial charge in [-0.05, 0) is 18.4 Å². The number of ether oxygens (including phenoxy) is 1. The highest BCUT2D eigenvalue weighted by Gasteiger charge is 2.10. The predicted octanol–water partition coefficient (Wildman–Crippen LogP) is 3.78. The lowest BCUT2D eigenvalue weighted by molar-refractivity contribution is 0.0471. The van der Waals surface area contributed by atoms with Gasteiger partial charge in [-0.1, -0.05) is 49.4 Å². The standard InChI is InChI=1S/C16H23ClO2/c1-14(16(18)10-6-3-7-11-17)12-19-13-15-8-4-2-5-9-15/h2,4-6,8-10,14,16,18H,3,7,11-13H2,1H3/b10-6+/t14-,16+/m1/s1. The van der Waals surface area contributed by atoms with Gasteiger partial charge in [-0.25, -0.2) is 0 Å². The SMILES string of the molecule is C[C@H](COCc1ccccc1)[C@@H](O)/C=C/CCCCl. The Morgan fingerprint density at radius 2 is 2.05 bits per heavy atom. The molecule has 0 spiro atoms. The van der Waals surface area contributed by atoms with Gasteiger partial charge in [0.2, 0.25) is 0 Å². The molecule has 0 aliphatic rings. The van der Waals surface area contributed by atoms with Gasteiger partial charge in [0, 0.05) is 11.8 Å². The highest BCUT2D eigenvalue weighted by atomic mass is 35.5. The van der Waals surface area contributed by atoms with Gasteiger partial charge in [0.25, 0.3) is 0 Å². The summed E-state index contributed by atoms with van der Waals surface area (Å²) in [6.45, 7) is 3.13. The Labute approximate surface area is 121 Å². The maximum Gasteiger partial charge on any atom is 0.0768 e. The first-order valence-electron chi connectivity index (χ1n) is 6.76.